The maximum atomic E-state index is 13.6. The Morgan fingerprint density at radius 3 is 1.69 bits per heavy atom. The molecule has 1 atom stereocenters. The summed E-state index contributed by atoms with van der Waals surface area (Å²) in [4.78, 5) is 17.8. The van der Waals surface area contributed by atoms with E-state index in [0.717, 1.165) is 6.26 Å². The number of carbonyl (C=O) groups is 1. The number of amides is 1. The van der Waals surface area contributed by atoms with Gasteiger partial charge in [-0.05, 0) is 29.7 Å². The summed E-state index contributed by atoms with van der Waals surface area (Å²) in [5.74, 6) is -0.141. The summed E-state index contributed by atoms with van der Waals surface area (Å²) in [7, 11) is -3.63. The minimum absolute atomic E-state index is 0.105. The van der Waals surface area contributed by atoms with Gasteiger partial charge in [0.25, 0.3) is 0 Å². The Labute approximate surface area is 208 Å². The Hall–Kier alpha value is -3.16. The lowest BCUT2D eigenvalue weighted by molar-refractivity contribution is -0.134. The first-order chi connectivity index (χ1) is 16.9. The van der Waals surface area contributed by atoms with Crippen LogP contribution in [-0.4, -0.2) is 62.6 Å². The van der Waals surface area contributed by atoms with Crippen LogP contribution >= 0.6 is 0 Å². The maximum absolute atomic E-state index is 13.6. The molecule has 3 aromatic rings. The van der Waals surface area contributed by atoms with Crippen LogP contribution < -0.4 is 4.31 Å². The van der Waals surface area contributed by atoms with Crippen molar-refractivity contribution in [3.05, 3.63) is 102 Å². The van der Waals surface area contributed by atoms with Crippen LogP contribution in [0.1, 0.15) is 30.5 Å². The molecule has 1 saturated heterocycles. The molecule has 3 aromatic carbocycles. The normalized spacial score (nSPS) is 15.7. The quantitative estimate of drug-likeness (QED) is 0.475. The number of hydrogen-bond acceptors (Lipinski definition) is 4. The molecule has 1 amide bonds. The van der Waals surface area contributed by atoms with E-state index in [0.29, 0.717) is 38.3 Å². The Morgan fingerprint density at radius 1 is 0.800 bits per heavy atom. The van der Waals surface area contributed by atoms with Crippen LogP contribution in [0.25, 0.3) is 0 Å². The van der Waals surface area contributed by atoms with E-state index >= 15 is 0 Å². The van der Waals surface area contributed by atoms with Crippen LogP contribution in [-0.2, 0) is 14.8 Å². The summed E-state index contributed by atoms with van der Waals surface area (Å²) in [6.07, 6.45) is 1.57. The lowest BCUT2D eigenvalue weighted by Gasteiger charge is -2.41. The molecule has 0 radical (unpaired) electrons. The third-order valence-corrected chi connectivity index (χ3v) is 7.72. The number of piperazine rings is 1. The van der Waals surface area contributed by atoms with E-state index in [2.05, 4.69) is 53.4 Å². The van der Waals surface area contributed by atoms with E-state index in [-0.39, 0.29) is 11.9 Å². The number of anilines is 1. The number of benzene rings is 3. The Bertz CT molecular complexity index is 1160. The first kappa shape index (κ1) is 24.9. The molecular weight excluding hydrogens is 458 g/mol. The summed E-state index contributed by atoms with van der Waals surface area (Å²) in [5.41, 5.74) is 2.96. The van der Waals surface area contributed by atoms with Gasteiger partial charge in [0.2, 0.25) is 15.9 Å². The second-order valence-corrected chi connectivity index (χ2v) is 10.8. The molecule has 0 unspecified atom stereocenters. The minimum atomic E-state index is -3.63. The molecule has 4 rings (SSSR count). The van der Waals surface area contributed by atoms with Crippen LogP contribution in [0.3, 0.4) is 0 Å². The zero-order valence-electron chi connectivity index (χ0n) is 20.3. The van der Waals surface area contributed by atoms with Gasteiger partial charge in [0.05, 0.1) is 18.0 Å². The molecule has 0 saturated carbocycles. The first-order valence-corrected chi connectivity index (χ1v) is 13.9. The van der Waals surface area contributed by atoms with Crippen molar-refractivity contribution < 1.29 is 13.2 Å². The fraction of sp³-hybridized carbons (Fsp3) is 0.321. The van der Waals surface area contributed by atoms with Gasteiger partial charge in [0.15, 0.2) is 0 Å². The molecule has 0 N–H and O–H groups in total. The van der Waals surface area contributed by atoms with Crippen molar-refractivity contribution in [2.75, 3.05) is 36.7 Å². The van der Waals surface area contributed by atoms with Gasteiger partial charge >= 0.3 is 0 Å². The van der Waals surface area contributed by atoms with Crippen molar-refractivity contribution in [1.29, 1.82) is 0 Å². The monoisotopic (exact) mass is 491 g/mol. The Balaban J connectivity index is 1.53. The smallest absolute Gasteiger partial charge is 0.246 e. The van der Waals surface area contributed by atoms with E-state index < -0.39 is 16.1 Å². The summed E-state index contributed by atoms with van der Waals surface area (Å²) in [5, 5.41) is 0. The van der Waals surface area contributed by atoms with Crippen molar-refractivity contribution in [3.8, 4) is 0 Å². The number of hydrogen-bond donors (Lipinski definition) is 0. The largest absolute Gasteiger partial charge is 0.338 e. The standard InChI is InChI=1S/C28H33N3O3S/c1-3-26(31(35(2,33)34)25-17-11-6-12-18-25)28(32)30-21-19-29(20-22-30)27(23-13-7-4-8-14-23)24-15-9-5-10-16-24/h4-18,26-27H,3,19-22H2,1-2H3/t26-/m1/s1. The average Bonchev–Trinajstić information content (AvgIpc) is 2.88. The number of para-hydroxylation sites is 1. The van der Waals surface area contributed by atoms with Crippen LogP contribution in [0.2, 0.25) is 0 Å². The van der Waals surface area contributed by atoms with Crippen molar-refractivity contribution in [2.24, 2.45) is 0 Å². The molecule has 0 spiro atoms. The summed E-state index contributed by atoms with van der Waals surface area (Å²) < 4.78 is 26.7. The topological polar surface area (TPSA) is 60.9 Å². The van der Waals surface area contributed by atoms with Gasteiger partial charge in [-0.25, -0.2) is 8.42 Å². The van der Waals surface area contributed by atoms with Crippen molar-refractivity contribution in [3.63, 3.8) is 0 Å². The molecule has 1 aliphatic rings. The van der Waals surface area contributed by atoms with Gasteiger partial charge in [-0.3, -0.25) is 14.0 Å². The minimum Gasteiger partial charge on any atom is -0.338 e. The molecule has 1 fully saturated rings. The molecular formula is C28H33N3O3S. The van der Waals surface area contributed by atoms with Gasteiger partial charge in [-0.2, -0.15) is 0 Å². The highest BCUT2D eigenvalue weighted by Crippen LogP contribution is 2.30. The van der Waals surface area contributed by atoms with Gasteiger partial charge in [-0.15, -0.1) is 0 Å². The molecule has 0 bridgehead atoms. The van der Waals surface area contributed by atoms with Gasteiger partial charge in [-0.1, -0.05) is 85.8 Å². The lowest BCUT2D eigenvalue weighted by atomic mass is 9.96. The molecule has 35 heavy (non-hydrogen) atoms. The second kappa shape index (κ2) is 11.1. The maximum Gasteiger partial charge on any atom is 0.246 e. The summed E-state index contributed by atoms with van der Waals surface area (Å²) >= 11 is 0. The number of carbonyl (C=O) groups excluding carboxylic acids is 1. The van der Waals surface area contributed by atoms with Gasteiger partial charge in [0, 0.05) is 26.2 Å². The molecule has 1 aliphatic heterocycles. The predicted octanol–water partition coefficient (Wildman–Crippen LogP) is 4.17. The Kier molecular flexibility index (Phi) is 7.88. The van der Waals surface area contributed by atoms with E-state index in [1.54, 1.807) is 24.3 Å². The zero-order valence-corrected chi connectivity index (χ0v) is 21.1. The zero-order chi connectivity index (χ0) is 24.8. The summed E-state index contributed by atoms with van der Waals surface area (Å²) in [6.45, 7) is 4.39. The van der Waals surface area contributed by atoms with E-state index in [1.165, 1.54) is 15.4 Å². The first-order valence-electron chi connectivity index (χ1n) is 12.1. The molecule has 0 aromatic heterocycles. The fourth-order valence-corrected chi connectivity index (χ4v) is 6.12. The van der Waals surface area contributed by atoms with Crippen LogP contribution in [0, 0.1) is 0 Å². The van der Waals surface area contributed by atoms with E-state index in [9.17, 15) is 13.2 Å². The third kappa shape index (κ3) is 5.74. The third-order valence-electron chi connectivity index (χ3n) is 6.54. The van der Waals surface area contributed by atoms with E-state index in [1.807, 2.05) is 30.0 Å². The van der Waals surface area contributed by atoms with Crippen LogP contribution in [0.5, 0.6) is 0 Å². The molecule has 184 valence electrons. The Morgan fingerprint density at radius 2 is 1.26 bits per heavy atom. The van der Waals surface area contributed by atoms with Gasteiger partial charge in [0.1, 0.15) is 6.04 Å². The number of rotatable bonds is 8. The molecule has 6 nitrogen and oxygen atoms in total. The number of sulfonamides is 1. The van der Waals surface area contributed by atoms with Crippen molar-refractivity contribution in [1.82, 2.24) is 9.80 Å². The fourth-order valence-electron chi connectivity index (χ4n) is 4.91. The lowest BCUT2D eigenvalue weighted by Crippen LogP contribution is -2.56. The highest BCUT2D eigenvalue weighted by atomic mass is 32.2. The molecule has 1 heterocycles. The van der Waals surface area contributed by atoms with Crippen LogP contribution in [0.4, 0.5) is 5.69 Å². The second-order valence-electron chi connectivity index (χ2n) is 8.90. The van der Waals surface area contributed by atoms with E-state index in [4.69, 9.17) is 0 Å². The summed E-state index contributed by atoms with van der Waals surface area (Å²) in [6, 6.07) is 29.1. The molecule has 7 heteroatoms. The van der Waals surface area contributed by atoms with Gasteiger partial charge < -0.3 is 4.90 Å². The SMILES string of the molecule is CC[C@H](C(=O)N1CCN(C(c2ccccc2)c2ccccc2)CC1)N(c1ccccc1)S(C)(=O)=O. The molecule has 0 aliphatic carbocycles. The average molecular weight is 492 g/mol. The predicted molar refractivity (Wildman–Crippen MR) is 141 cm³/mol. The highest BCUT2D eigenvalue weighted by molar-refractivity contribution is 7.92. The number of nitrogens with zero attached hydrogens (tertiary/aromatic N) is 3. The van der Waals surface area contributed by atoms with Crippen molar-refractivity contribution in [2.45, 2.75) is 25.4 Å². The van der Waals surface area contributed by atoms with Crippen LogP contribution in [0.15, 0.2) is 91.0 Å². The highest BCUT2D eigenvalue weighted by Gasteiger charge is 2.36. The van der Waals surface area contributed by atoms with Crippen molar-refractivity contribution >= 4 is 21.6 Å².